The van der Waals surface area contributed by atoms with Gasteiger partial charge in [0, 0.05) is 39.1 Å². The predicted molar refractivity (Wildman–Crippen MR) is 72.7 cm³/mol. The van der Waals surface area contributed by atoms with Crippen LogP contribution < -0.4 is 10.6 Å². The van der Waals surface area contributed by atoms with Gasteiger partial charge in [-0.05, 0) is 12.6 Å². The van der Waals surface area contributed by atoms with Crippen molar-refractivity contribution in [3.05, 3.63) is 23.6 Å². The van der Waals surface area contributed by atoms with Crippen LogP contribution in [0, 0.1) is 5.82 Å². The molecule has 0 aliphatic heterocycles. The Kier molecular flexibility index (Phi) is 7.32. The monoisotopic (exact) mass is 271 g/mol. The topological polar surface area (TPSA) is 55.4 Å². The van der Waals surface area contributed by atoms with Gasteiger partial charge in [0.25, 0.3) is 0 Å². The fraction of sp³-hybridized carbons (Fsp3) is 0.615. The van der Waals surface area contributed by atoms with Crippen molar-refractivity contribution >= 4 is 5.82 Å². The molecule has 19 heavy (non-hydrogen) atoms. The van der Waals surface area contributed by atoms with Gasteiger partial charge < -0.3 is 20.1 Å². The Hall–Kier alpha value is -1.24. The van der Waals surface area contributed by atoms with Crippen LogP contribution in [0.5, 0.6) is 0 Å². The minimum Gasteiger partial charge on any atom is -0.382 e. The molecular weight excluding hydrogens is 249 g/mol. The van der Waals surface area contributed by atoms with Crippen LogP contribution in [-0.2, 0) is 16.0 Å². The number of methoxy groups -OCH3 is 2. The van der Waals surface area contributed by atoms with Crippen LogP contribution in [-0.4, -0.2) is 45.0 Å². The molecule has 5 nitrogen and oxygen atoms in total. The van der Waals surface area contributed by atoms with Crippen molar-refractivity contribution in [2.75, 3.05) is 39.2 Å². The molecule has 2 N–H and O–H groups in total. The standard InChI is InChI=1S/C13H22FN3O2/c1-4-15-7-10-5-6-16-13(12(10)14)17-8-11(19-3)9-18-2/h5-6,11,15H,4,7-9H2,1-3H3,(H,16,17). The lowest BCUT2D eigenvalue weighted by molar-refractivity contribution is 0.0365. The maximum Gasteiger partial charge on any atom is 0.169 e. The molecule has 0 fully saturated rings. The number of hydrogen-bond acceptors (Lipinski definition) is 5. The normalized spacial score (nSPS) is 12.4. The minimum atomic E-state index is -0.323. The smallest absolute Gasteiger partial charge is 0.169 e. The highest BCUT2D eigenvalue weighted by Gasteiger charge is 2.12. The fourth-order valence-electron chi connectivity index (χ4n) is 1.61. The van der Waals surface area contributed by atoms with E-state index in [1.807, 2.05) is 6.92 Å². The molecule has 1 unspecified atom stereocenters. The average molecular weight is 271 g/mol. The van der Waals surface area contributed by atoms with E-state index >= 15 is 0 Å². The molecule has 0 bridgehead atoms. The molecule has 0 aromatic carbocycles. The van der Waals surface area contributed by atoms with Gasteiger partial charge in [0.05, 0.1) is 12.7 Å². The Morgan fingerprint density at radius 1 is 1.42 bits per heavy atom. The summed E-state index contributed by atoms with van der Waals surface area (Å²) in [6.45, 7) is 4.16. The Labute approximate surface area is 113 Å². The van der Waals surface area contributed by atoms with Crippen LogP contribution in [0.1, 0.15) is 12.5 Å². The van der Waals surface area contributed by atoms with E-state index in [9.17, 15) is 4.39 Å². The van der Waals surface area contributed by atoms with Gasteiger partial charge in [0.1, 0.15) is 0 Å². The van der Waals surface area contributed by atoms with Gasteiger partial charge in [0.2, 0.25) is 0 Å². The van der Waals surface area contributed by atoms with Gasteiger partial charge in [-0.25, -0.2) is 9.37 Å². The quantitative estimate of drug-likeness (QED) is 0.711. The summed E-state index contributed by atoms with van der Waals surface area (Å²) >= 11 is 0. The van der Waals surface area contributed by atoms with Crippen LogP contribution in [0.15, 0.2) is 12.3 Å². The molecule has 1 aromatic rings. The second-order valence-electron chi connectivity index (χ2n) is 4.11. The Morgan fingerprint density at radius 3 is 2.84 bits per heavy atom. The summed E-state index contributed by atoms with van der Waals surface area (Å²) in [4.78, 5) is 4.00. The minimum absolute atomic E-state index is 0.136. The van der Waals surface area contributed by atoms with E-state index < -0.39 is 0 Å². The summed E-state index contributed by atoms with van der Waals surface area (Å²) in [6, 6.07) is 1.67. The van der Waals surface area contributed by atoms with E-state index in [1.54, 1.807) is 26.5 Å². The van der Waals surface area contributed by atoms with Crippen molar-refractivity contribution in [1.82, 2.24) is 10.3 Å². The van der Waals surface area contributed by atoms with E-state index in [0.29, 0.717) is 25.3 Å². The Morgan fingerprint density at radius 2 is 2.21 bits per heavy atom. The maximum atomic E-state index is 14.1. The van der Waals surface area contributed by atoms with Crippen LogP contribution in [0.4, 0.5) is 10.2 Å². The molecule has 1 heterocycles. The van der Waals surface area contributed by atoms with Gasteiger partial charge in [-0.3, -0.25) is 0 Å². The third-order valence-electron chi connectivity index (χ3n) is 2.72. The molecule has 0 spiro atoms. The first kappa shape index (κ1) is 15.8. The van der Waals surface area contributed by atoms with E-state index in [1.165, 1.54) is 0 Å². The van der Waals surface area contributed by atoms with Crippen molar-refractivity contribution in [3.63, 3.8) is 0 Å². The fourth-order valence-corrected chi connectivity index (χ4v) is 1.61. The van der Waals surface area contributed by atoms with E-state index in [0.717, 1.165) is 6.54 Å². The lowest BCUT2D eigenvalue weighted by Crippen LogP contribution is -2.27. The SMILES string of the molecule is CCNCc1ccnc(NCC(COC)OC)c1F. The second-order valence-corrected chi connectivity index (χ2v) is 4.11. The molecule has 0 saturated carbocycles. The van der Waals surface area contributed by atoms with Gasteiger partial charge in [-0.2, -0.15) is 0 Å². The van der Waals surface area contributed by atoms with Crippen molar-refractivity contribution in [2.45, 2.75) is 19.6 Å². The predicted octanol–water partition coefficient (Wildman–Crippen LogP) is 1.40. The maximum absolute atomic E-state index is 14.1. The molecule has 0 amide bonds. The van der Waals surface area contributed by atoms with Crippen molar-refractivity contribution in [1.29, 1.82) is 0 Å². The summed E-state index contributed by atoms with van der Waals surface area (Å²) in [5.41, 5.74) is 0.597. The van der Waals surface area contributed by atoms with Gasteiger partial charge in [-0.15, -0.1) is 0 Å². The molecule has 0 aliphatic carbocycles. The van der Waals surface area contributed by atoms with E-state index in [-0.39, 0.29) is 17.7 Å². The Bertz CT molecular complexity index is 377. The number of ether oxygens (including phenoxy) is 2. The summed E-state index contributed by atoms with van der Waals surface area (Å²) in [6.07, 6.45) is 1.46. The van der Waals surface area contributed by atoms with Gasteiger partial charge >= 0.3 is 0 Å². The highest BCUT2D eigenvalue weighted by molar-refractivity contribution is 5.40. The van der Waals surface area contributed by atoms with E-state index in [4.69, 9.17) is 9.47 Å². The lowest BCUT2D eigenvalue weighted by atomic mass is 10.2. The number of aromatic nitrogens is 1. The number of nitrogens with one attached hydrogen (secondary N) is 2. The highest BCUT2D eigenvalue weighted by Crippen LogP contribution is 2.15. The largest absolute Gasteiger partial charge is 0.382 e. The third kappa shape index (κ3) is 5.10. The molecule has 1 aromatic heterocycles. The molecular formula is C13H22FN3O2. The number of anilines is 1. The molecule has 108 valence electrons. The number of pyridine rings is 1. The first-order valence-corrected chi connectivity index (χ1v) is 6.32. The average Bonchev–Trinajstić information content (AvgIpc) is 2.43. The highest BCUT2D eigenvalue weighted by atomic mass is 19.1. The zero-order valence-corrected chi connectivity index (χ0v) is 11.7. The van der Waals surface area contributed by atoms with Crippen molar-refractivity contribution in [3.8, 4) is 0 Å². The van der Waals surface area contributed by atoms with Gasteiger partial charge in [-0.1, -0.05) is 6.92 Å². The number of hydrogen-bond donors (Lipinski definition) is 2. The van der Waals surface area contributed by atoms with Crippen LogP contribution in [0.25, 0.3) is 0 Å². The van der Waals surface area contributed by atoms with E-state index in [2.05, 4.69) is 15.6 Å². The molecule has 1 rings (SSSR count). The first-order chi connectivity index (χ1) is 9.22. The number of rotatable bonds is 9. The summed E-state index contributed by atoms with van der Waals surface area (Å²) in [7, 11) is 3.19. The Balaban J connectivity index is 2.62. The lowest BCUT2D eigenvalue weighted by Gasteiger charge is -2.16. The van der Waals surface area contributed by atoms with Crippen molar-refractivity contribution in [2.24, 2.45) is 0 Å². The van der Waals surface area contributed by atoms with Crippen LogP contribution in [0.3, 0.4) is 0 Å². The number of nitrogens with zero attached hydrogens (tertiary/aromatic N) is 1. The summed E-state index contributed by atoms with van der Waals surface area (Å²) in [5, 5.41) is 6.04. The zero-order chi connectivity index (χ0) is 14.1. The van der Waals surface area contributed by atoms with Crippen LogP contribution >= 0.6 is 0 Å². The summed E-state index contributed by atoms with van der Waals surface area (Å²) in [5.74, 6) is -0.0794. The molecule has 6 heteroatoms. The third-order valence-corrected chi connectivity index (χ3v) is 2.72. The zero-order valence-electron chi connectivity index (χ0n) is 11.7. The van der Waals surface area contributed by atoms with Crippen molar-refractivity contribution < 1.29 is 13.9 Å². The molecule has 0 radical (unpaired) electrons. The second kappa shape index (κ2) is 8.79. The molecule has 0 saturated heterocycles. The molecule has 1 atom stereocenters. The summed E-state index contributed by atoms with van der Waals surface area (Å²) < 4.78 is 24.3. The molecule has 0 aliphatic rings. The number of halogens is 1. The van der Waals surface area contributed by atoms with Crippen LogP contribution in [0.2, 0.25) is 0 Å². The first-order valence-electron chi connectivity index (χ1n) is 6.32. The van der Waals surface area contributed by atoms with Gasteiger partial charge in [0.15, 0.2) is 11.6 Å².